The molecule has 0 unspecified atom stereocenters. The van der Waals surface area contributed by atoms with Gasteiger partial charge in [0, 0.05) is 0 Å². The molecule has 0 nitrogen and oxygen atoms in total. The summed E-state index contributed by atoms with van der Waals surface area (Å²) in [6.07, 6.45) is 17.6. The largest absolute Gasteiger partial charge is 0.0654 e. The molecule has 9 aromatic carbocycles. The molecule has 0 aromatic heterocycles. The van der Waals surface area contributed by atoms with Crippen LogP contribution < -0.4 is 0 Å². The number of benzene rings is 9. The second kappa shape index (κ2) is 16.7. The summed E-state index contributed by atoms with van der Waals surface area (Å²) in [6, 6.07) is 56.5. The van der Waals surface area contributed by atoms with E-state index in [2.05, 4.69) is 159 Å². The van der Waals surface area contributed by atoms with Gasteiger partial charge in [-0.05, 0) is 147 Å². The van der Waals surface area contributed by atoms with Gasteiger partial charge in [0.05, 0.1) is 0 Å². The van der Waals surface area contributed by atoms with E-state index in [1.807, 2.05) is 0 Å². The van der Waals surface area contributed by atoms with Crippen molar-refractivity contribution in [1.29, 1.82) is 0 Å². The van der Waals surface area contributed by atoms with Crippen molar-refractivity contribution in [2.45, 2.75) is 104 Å². The first-order valence-electron chi connectivity index (χ1n) is 24.1. The third-order valence-corrected chi connectivity index (χ3v) is 14.5. The number of unbranched alkanes of at least 4 members (excludes halogenated alkanes) is 10. The van der Waals surface area contributed by atoms with Crippen molar-refractivity contribution in [2.24, 2.45) is 0 Å². The fraction of sp³-hybridized carbons (Fsp3) is 0.258. The Hall–Kier alpha value is -5.98. The van der Waals surface area contributed by atoms with Gasteiger partial charge in [0.1, 0.15) is 0 Å². The Labute approximate surface area is 368 Å². The lowest BCUT2D eigenvalue weighted by molar-refractivity contribution is 0.606. The average molecular weight is 803 g/mol. The number of rotatable bonds is 16. The molecule has 0 aliphatic heterocycles. The minimum atomic E-state index is 1.07. The molecule has 0 radical (unpaired) electrons. The Morgan fingerprint density at radius 1 is 0.258 bits per heavy atom. The van der Waals surface area contributed by atoms with Crippen molar-refractivity contribution < 1.29 is 0 Å². The Balaban J connectivity index is 1.21. The van der Waals surface area contributed by atoms with E-state index < -0.39 is 0 Å². The van der Waals surface area contributed by atoms with Crippen LogP contribution in [-0.2, 0) is 12.8 Å². The number of fused-ring (bicyclic) bond motifs is 10. The quantitative estimate of drug-likeness (QED) is 0.0674. The standard InChI is InChI=1S/C62H58/c1-3-5-7-9-11-13-25-41-39-56(60-48-32-20-16-28-44(48)50-36-24-38-52-46-30-18-22-34-54(46)62(60)58(50)52)42(26-14-12-10-8-6-4-2)40-55(41)59-47-31-19-15-27-43(47)49-35-23-37-51-45-29-17-21-33-53(45)61(59)57(49)51/h15-24,27-40H,3-14,25-26H2,1-2H3. The molecule has 0 atom stereocenters. The summed E-state index contributed by atoms with van der Waals surface area (Å²) in [4.78, 5) is 0. The van der Waals surface area contributed by atoms with E-state index in [9.17, 15) is 0 Å². The molecule has 0 fully saturated rings. The molecule has 2 aliphatic rings. The summed E-state index contributed by atoms with van der Waals surface area (Å²) in [5.41, 5.74) is 19.9. The van der Waals surface area contributed by atoms with Crippen LogP contribution in [0.5, 0.6) is 0 Å². The lowest BCUT2D eigenvalue weighted by Crippen LogP contribution is -2.01. The van der Waals surface area contributed by atoms with Crippen LogP contribution in [0.3, 0.4) is 0 Å². The second-order valence-electron chi connectivity index (χ2n) is 18.3. The van der Waals surface area contributed by atoms with Gasteiger partial charge in [-0.15, -0.1) is 0 Å². The SMILES string of the molecule is CCCCCCCCc1cc(-c2c3c4c(cccc4c4ccccc24)-c2ccccc2-3)c(CCCCCCCC)cc1-c1c2c3c(cccc3c3ccccc13)-c1ccccc1-2. The van der Waals surface area contributed by atoms with Crippen LogP contribution in [0.1, 0.15) is 102 Å². The van der Waals surface area contributed by atoms with Crippen LogP contribution in [0, 0.1) is 0 Å². The van der Waals surface area contributed by atoms with Gasteiger partial charge in [0.15, 0.2) is 0 Å². The summed E-state index contributed by atoms with van der Waals surface area (Å²) >= 11 is 0. The molecular formula is C62H58. The van der Waals surface area contributed by atoms with Gasteiger partial charge in [0.25, 0.3) is 0 Å². The highest BCUT2D eigenvalue weighted by atomic mass is 14.3. The van der Waals surface area contributed by atoms with E-state index in [0.29, 0.717) is 0 Å². The van der Waals surface area contributed by atoms with Gasteiger partial charge >= 0.3 is 0 Å². The van der Waals surface area contributed by atoms with Crippen LogP contribution in [0.15, 0.2) is 146 Å². The zero-order chi connectivity index (χ0) is 41.6. The minimum absolute atomic E-state index is 1.07. The first-order valence-corrected chi connectivity index (χ1v) is 24.1. The van der Waals surface area contributed by atoms with Crippen molar-refractivity contribution in [1.82, 2.24) is 0 Å². The zero-order valence-electron chi connectivity index (χ0n) is 36.8. The lowest BCUT2D eigenvalue weighted by atomic mass is 9.79. The molecule has 9 aromatic rings. The maximum Gasteiger partial charge on any atom is -0.000775 e. The molecule has 0 saturated carbocycles. The lowest BCUT2D eigenvalue weighted by Gasteiger charge is -2.24. The third kappa shape index (κ3) is 6.40. The van der Waals surface area contributed by atoms with Crippen LogP contribution >= 0.6 is 0 Å². The normalized spacial score (nSPS) is 12.3. The van der Waals surface area contributed by atoms with E-state index in [1.165, 1.54) is 198 Å². The summed E-state index contributed by atoms with van der Waals surface area (Å²) < 4.78 is 0. The molecule has 0 N–H and O–H groups in total. The van der Waals surface area contributed by atoms with Crippen molar-refractivity contribution >= 4 is 43.1 Å². The predicted molar refractivity (Wildman–Crippen MR) is 270 cm³/mol. The van der Waals surface area contributed by atoms with E-state index >= 15 is 0 Å². The topological polar surface area (TPSA) is 0 Å². The molecule has 0 bridgehead atoms. The first kappa shape index (κ1) is 38.9. The highest BCUT2D eigenvalue weighted by molar-refractivity contribution is 6.31. The van der Waals surface area contributed by atoms with E-state index in [0.717, 1.165) is 12.8 Å². The molecular weight excluding hydrogens is 745 g/mol. The van der Waals surface area contributed by atoms with Gasteiger partial charge in [-0.3, -0.25) is 0 Å². The fourth-order valence-corrected chi connectivity index (χ4v) is 11.7. The molecule has 0 saturated heterocycles. The molecule has 0 spiro atoms. The molecule has 62 heavy (non-hydrogen) atoms. The molecule has 11 rings (SSSR count). The molecule has 0 heteroatoms. The highest BCUT2D eigenvalue weighted by Crippen LogP contribution is 2.57. The van der Waals surface area contributed by atoms with E-state index in [4.69, 9.17) is 0 Å². The van der Waals surface area contributed by atoms with Crippen LogP contribution in [-0.4, -0.2) is 0 Å². The Morgan fingerprint density at radius 3 is 1.03 bits per heavy atom. The van der Waals surface area contributed by atoms with Gasteiger partial charge in [0.2, 0.25) is 0 Å². The predicted octanol–water partition coefficient (Wildman–Crippen LogP) is 18.7. The Bertz CT molecular complexity index is 2940. The average Bonchev–Trinajstić information content (AvgIpc) is 3.84. The van der Waals surface area contributed by atoms with Gasteiger partial charge in [-0.25, -0.2) is 0 Å². The first-order chi connectivity index (χ1) is 30.8. The highest BCUT2D eigenvalue weighted by Gasteiger charge is 2.31. The van der Waals surface area contributed by atoms with Crippen molar-refractivity contribution in [3.8, 4) is 66.8 Å². The summed E-state index contributed by atoms with van der Waals surface area (Å²) in [7, 11) is 0. The molecule has 2 aliphatic carbocycles. The van der Waals surface area contributed by atoms with Gasteiger partial charge in [-0.2, -0.15) is 0 Å². The van der Waals surface area contributed by atoms with Gasteiger partial charge in [-0.1, -0.05) is 224 Å². The molecule has 0 amide bonds. The molecule has 0 heterocycles. The smallest absolute Gasteiger partial charge is 0.000775 e. The Morgan fingerprint density at radius 2 is 0.597 bits per heavy atom. The third-order valence-electron chi connectivity index (χ3n) is 14.5. The second-order valence-corrected chi connectivity index (χ2v) is 18.3. The maximum atomic E-state index is 2.72. The summed E-state index contributed by atoms with van der Waals surface area (Å²) in [5, 5.41) is 11.1. The Kier molecular flexibility index (Phi) is 10.5. The summed E-state index contributed by atoms with van der Waals surface area (Å²) in [6.45, 7) is 4.65. The van der Waals surface area contributed by atoms with Crippen molar-refractivity contribution in [3.63, 3.8) is 0 Å². The fourth-order valence-electron chi connectivity index (χ4n) is 11.7. The zero-order valence-corrected chi connectivity index (χ0v) is 36.8. The van der Waals surface area contributed by atoms with Crippen LogP contribution in [0.2, 0.25) is 0 Å². The number of hydrogen-bond donors (Lipinski definition) is 0. The number of aryl methyl sites for hydroxylation is 2. The maximum absolute atomic E-state index is 2.72. The van der Waals surface area contributed by atoms with Crippen LogP contribution in [0.4, 0.5) is 0 Å². The van der Waals surface area contributed by atoms with E-state index in [-0.39, 0.29) is 0 Å². The minimum Gasteiger partial charge on any atom is -0.0654 e. The van der Waals surface area contributed by atoms with Crippen molar-refractivity contribution in [2.75, 3.05) is 0 Å². The molecule has 306 valence electrons. The monoisotopic (exact) mass is 802 g/mol. The summed E-state index contributed by atoms with van der Waals surface area (Å²) in [5.74, 6) is 0. The number of hydrogen-bond acceptors (Lipinski definition) is 0. The van der Waals surface area contributed by atoms with Gasteiger partial charge < -0.3 is 0 Å². The van der Waals surface area contributed by atoms with Crippen molar-refractivity contribution in [3.05, 3.63) is 157 Å². The van der Waals surface area contributed by atoms with E-state index in [1.54, 1.807) is 0 Å². The van der Waals surface area contributed by atoms with Crippen LogP contribution in [0.25, 0.3) is 110 Å².